The minimum absolute atomic E-state index is 0.108. The van der Waals surface area contributed by atoms with Gasteiger partial charge in [-0.05, 0) is 52.5 Å². The lowest BCUT2D eigenvalue weighted by Crippen LogP contribution is -2.30. The van der Waals surface area contributed by atoms with Crippen LogP contribution in [0.1, 0.15) is 17.4 Å². The lowest BCUT2D eigenvalue weighted by molar-refractivity contribution is 0.318. The average molecular weight is 368 g/mol. The van der Waals surface area contributed by atoms with Crippen molar-refractivity contribution >= 4 is 38.8 Å². The third-order valence-electron chi connectivity index (χ3n) is 3.47. The van der Waals surface area contributed by atoms with Crippen LogP contribution < -0.4 is 10.6 Å². The predicted octanol–water partition coefficient (Wildman–Crippen LogP) is 3.67. The highest BCUT2D eigenvalue weighted by atomic mass is 79.9. The van der Waals surface area contributed by atoms with E-state index in [0.29, 0.717) is 11.6 Å². The molecule has 0 aliphatic carbocycles. The molecule has 1 aromatic heterocycles. The number of hydrogen-bond donors (Lipinski definition) is 2. The van der Waals surface area contributed by atoms with Crippen LogP contribution in [-0.4, -0.2) is 24.1 Å². The molecular formula is C15H18BrN3OS. The molecule has 21 heavy (non-hydrogen) atoms. The third kappa shape index (κ3) is 3.77. The van der Waals surface area contributed by atoms with Gasteiger partial charge in [0.05, 0.1) is 5.69 Å². The van der Waals surface area contributed by atoms with E-state index in [0.717, 1.165) is 16.6 Å². The fraction of sp³-hybridized carbons (Fsp3) is 0.267. The minimum atomic E-state index is 0.108. The van der Waals surface area contributed by atoms with E-state index in [1.165, 1.54) is 4.88 Å². The molecule has 0 amide bonds. The van der Waals surface area contributed by atoms with Crippen LogP contribution in [-0.2, 0) is 6.42 Å². The first-order chi connectivity index (χ1) is 10.0. The molecule has 0 spiro atoms. The lowest BCUT2D eigenvalue weighted by atomic mass is 10.1. The number of benzene rings is 1. The highest BCUT2D eigenvalue weighted by molar-refractivity contribution is 9.10. The second kappa shape index (κ2) is 6.95. The Balaban J connectivity index is 2.17. The van der Waals surface area contributed by atoms with Crippen molar-refractivity contribution in [2.45, 2.75) is 19.4 Å². The van der Waals surface area contributed by atoms with Gasteiger partial charge in [0, 0.05) is 34.4 Å². The molecule has 6 heteroatoms. The molecule has 0 aliphatic heterocycles. The van der Waals surface area contributed by atoms with Gasteiger partial charge in [-0.15, -0.1) is 11.3 Å². The number of likely N-dealkylation sites (N-methyl/N-ethyl adjacent to an activating group) is 1. The van der Waals surface area contributed by atoms with E-state index in [9.17, 15) is 0 Å². The Morgan fingerprint density at radius 2 is 2.24 bits per heavy atom. The van der Waals surface area contributed by atoms with E-state index in [4.69, 9.17) is 10.9 Å². The highest BCUT2D eigenvalue weighted by Crippen LogP contribution is 2.29. The molecule has 2 aromatic rings. The van der Waals surface area contributed by atoms with Gasteiger partial charge in [0.25, 0.3) is 0 Å². The lowest BCUT2D eigenvalue weighted by Gasteiger charge is -2.28. The molecule has 1 heterocycles. The van der Waals surface area contributed by atoms with Crippen molar-refractivity contribution in [3.63, 3.8) is 0 Å². The summed E-state index contributed by atoms with van der Waals surface area (Å²) in [7, 11) is 2.07. The summed E-state index contributed by atoms with van der Waals surface area (Å²) in [5.41, 5.74) is 7.37. The smallest absolute Gasteiger partial charge is 0.170 e. The van der Waals surface area contributed by atoms with E-state index in [-0.39, 0.29) is 5.84 Å². The monoisotopic (exact) mass is 367 g/mol. The van der Waals surface area contributed by atoms with Gasteiger partial charge in [-0.1, -0.05) is 11.2 Å². The summed E-state index contributed by atoms with van der Waals surface area (Å²) in [6.45, 7) is 2.20. The molecule has 0 radical (unpaired) electrons. The highest BCUT2D eigenvalue weighted by Gasteiger charge is 2.15. The van der Waals surface area contributed by atoms with Gasteiger partial charge in [0.1, 0.15) is 0 Å². The maximum Gasteiger partial charge on any atom is 0.170 e. The van der Waals surface area contributed by atoms with Gasteiger partial charge in [-0.2, -0.15) is 0 Å². The number of nitrogens with two attached hydrogens (primary N) is 1. The maximum atomic E-state index is 8.73. The predicted molar refractivity (Wildman–Crippen MR) is 92.5 cm³/mol. The zero-order chi connectivity index (χ0) is 15.4. The van der Waals surface area contributed by atoms with Crippen molar-refractivity contribution in [3.05, 3.63) is 50.6 Å². The van der Waals surface area contributed by atoms with Crippen LogP contribution >= 0.6 is 27.3 Å². The Bertz CT molecular complexity index is 628. The summed E-state index contributed by atoms with van der Waals surface area (Å²) >= 11 is 5.34. The van der Waals surface area contributed by atoms with Crippen molar-refractivity contribution in [1.82, 2.24) is 0 Å². The topological polar surface area (TPSA) is 61.8 Å². The zero-order valence-corrected chi connectivity index (χ0v) is 14.4. The molecular weight excluding hydrogens is 350 g/mol. The van der Waals surface area contributed by atoms with Crippen LogP contribution in [0.4, 0.5) is 5.69 Å². The van der Waals surface area contributed by atoms with Crippen molar-refractivity contribution in [2.75, 3.05) is 11.9 Å². The van der Waals surface area contributed by atoms with Gasteiger partial charge < -0.3 is 15.8 Å². The molecule has 1 aromatic carbocycles. The van der Waals surface area contributed by atoms with Crippen LogP contribution in [0, 0.1) is 0 Å². The zero-order valence-electron chi connectivity index (χ0n) is 12.0. The Hall–Kier alpha value is -1.53. The van der Waals surface area contributed by atoms with Gasteiger partial charge in [0.2, 0.25) is 0 Å². The molecule has 0 bridgehead atoms. The largest absolute Gasteiger partial charge is 0.409 e. The van der Waals surface area contributed by atoms with Gasteiger partial charge in [0.15, 0.2) is 5.84 Å². The van der Waals surface area contributed by atoms with Crippen LogP contribution in [0.15, 0.2) is 45.3 Å². The van der Waals surface area contributed by atoms with Crippen molar-refractivity contribution in [3.8, 4) is 0 Å². The molecule has 4 nitrogen and oxygen atoms in total. The second-order valence-electron chi connectivity index (χ2n) is 4.89. The summed E-state index contributed by atoms with van der Waals surface area (Å²) in [6, 6.07) is 10.3. The number of halogens is 1. The maximum absolute atomic E-state index is 8.73. The molecule has 0 fully saturated rings. The SMILES string of the molecule is CC(Cc1cccs1)N(C)c1ccc(/C(N)=N/O)cc1Br. The first-order valence-electron chi connectivity index (χ1n) is 6.55. The Morgan fingerprint density at radius 1 is 1.48 bits per heavy atom. The van der Waals surface area contributed by atoms with E-state index in [1.54, 1.807) is 11.3 Å². The summed E-state index contributed by atoms with van der Waals surface area (Å²) in [5.74, 6) is 0.108. The molecule has 1 unspecified atom stereocenters. The Kier molecular flexibility index (Phi) is 5.25. The normalized spacial score (nSPS) is 13.2. The number of nitrogens with zero attached hydrogens (tertiary/aromatic N) is 2. The van der Waals surface area contributed by atoms with E-state index >= 15 is 0 Å². The van der Waals surface area contributed by atoms with E-state index in [1.807, 2.05) is 18.2 Å². The summed E-state index contributed by atoms with van der Waals surface area (Å²) < 4.78 is 0.923. The average Bonchev–Trinajstić information content (AvgIpc) is 2.98. The van der Waals surface area contributed by atoms with Crippen LogP contribution in [0.2, 0.25) is 0 Å². The van der Waals surface area contributed by atoms with Crippen molar-refractivity contribution < 1.29 is 5.21 Å². The van der Waals surface area contributed by atoms with Crippen LogP contribution in [0.25, 0.3) is 0 Å². The quantitative estimate of drug-likeness (QED) is 0.366. The summed E-state index contributed by atoms with van der Waals surface area (Å²) in [5, 5.41) is 13.8. The van der Waals surface area contributed by atoms with Gasteiger partial charge in [-0.3, -0.25) is 0 Å². The standard InChI is InChI=1S/C15H18BrN3OS/c1-10(8-12-4-3-7-21-12)19(2)14-6-5-11(9-13(14)16)15(17)18-20/h3-7,9-10,20H,8H2,1-2H3,(H2,17,18). The molecule has 0 aliphatic rings. The van der Waals surface area contributed by atoms with Crippen molar-refractivity contribution in [2.24, 2.45) is 10.9 Å². The minimum Gasteiger partial charge on any atom is -0.409 e. The number of amidine groups is 1. The number of thiophene rings is 1. The number of oxime groups is 1. The van der Waals surface area contributed by atoms with Crippen LogP contribution in [0.5, 0.6) is 0 Å². The van der Waals surface area contributed by atoms with Gasteiger partial charge >= 0.3 is 0 Å². The fourth-order valence-corrected chi connectivity index (χ4v) is 3.59. The molecule has 3 N–H and O–H groups in total. The molecule has 2 rings (SSSR count). The van der Waals surface area contributed by atoms with Crippen molar-refractivity contribution in [1.29, 1.82) is 0 Å². The summed E-state index contributed by atoms with van der Waals surface area (Å²) in [6.07, 6.45) is 1.00. The number of hydrogen-bond acceptors (Lipinski definition) is 4. The Morgan fingerprint density at radius 3 is 2.81 bits per heavy atom. The third-order valence-corrected chi connectivity index (χ3v) is 5.00. The number of anilines is 1. The molecule has 1 atom stereocenters. The first-order valence-corrected chi connectivity index (χ1v) is 8.23. The fourth-order valence-electron chi connectivity index (χ4n) is 2.10. The summed E-state index contributed by atoms with van der Waals surface area (Å²) in [4.78, 5) is 3.60. The molecule has 112 valence electrons. The van der Waals surface area contributed by atoms with Gasteiger partial charge in [-0.25, -0.2) is 0 Å². The van der Waals surface area contributed by atoms with E-state index < -0.39 is 0 Å². The van der Waals surface area contributed by atoms with Crippen LogP contribution in [0.3, 0.4) is 0 Å². The number of rotatable bonds is 5. The second-order valence-corrected chi connectivity index (χ2v) is 6.78. The van der Waals surface area contributed by atoms with E-state index in [2.05, 4.69) is 57.5 Å². The first kappa shape index (κ1) is 15.9. The Labute approximate surface area is 137 Å². The molecule has 0 saturated carbocycles. The molecule has 0 saturated heterocycles.